The van der Waals surface area contributed by atoms with Crippen LogP contribution in [0.4, 0.5) is 16.2 Å². The van der Waals surface area contributed by atoms with E-state index in [0.717, 1.165) is 0 Å². The van der Waals surface area contributed by atoms with Crippen LogP contribution in [0.1, 0.15) is 6.42 Å². The number of nitrogens with one attached hydrogen (secondary N) is 3. The van der Waals surface area contributed by atoms with Gasteiger partial charge in [-0.3, -0.25) is 4.79 Å². The molecule has 0 saturated heterocycles. The fraction of sp³-hybridized carbons (Fsp3) is 0.333. The average molecular weight is 302 g/mol. The number of benzene rings is 1. The lowest BCUT2D eigenvalue weighted by molar-refractivity contribution is -0.117. The fourth-order valence-corrected chi connectivity index (χ4v) is 2.06. The molecule has 3 amide bonds. The quantitative estimate of drug-likeness (QED) is 0.751. The van der Waals surface area contributed by atoms with E-state index in [1.165, 1.54) is 7.05 Å². The summed E-state index contributed by atoms with van der Waals surface area (Å²) >= 11 is 11.6. The first-order chi connectivity index (χ1) is 8.92. The molecule has 102 valence electrons. The van der Waals surface area contributed by atoms with Gasteiger partial charge in [0, 0.05) is 18.4 Å². The Kier molecular flexibility index (Phi) is 3.87. The van der Waals surface area contributed by atoms with Crippen LogP contribution in [-0.2, 0) is 4.79 Å². The van der Waals surface area contributed by atoms with E-state index in [0.29, 0.717) is 17.8 Å². The van der Waals surface area contributed by atoms with Gasteiger partial charge in [-0.1, -0.05) is 0 Å². The summed E-state index contributed by atoms with van der Waals surface area (Å²) < 4.78 is -0.926. The van der Waals surface area contributed by atoms with Crippen molar-refractivity contribution in [2.24, 2.45) is 5.92 Å². The van der Waals surface area contributed by atoms with Gasteiger partial charge < -0.3 is 16.0 Å². The Labute approximate surface area is 120 Å². The highest BCUT2D eigenvalue weighted by molar-refractivity contribution is 6.52. The Hall–Kier alpha value is -1.46. The number of rotatable bonds is 3. The maximum Gasteiger partial charge on any atom is 0.318 e. The van der Waals surface area contributed by atoms with Crippen LogP contribution in [0.3, 0.4) is 0 Å². The summed E-state index contributed by atoms with van der Waals surface area (Å²) in [5.41, 5.74) is 1.26. The maximum atomic E-state index is 11.7. The SMILES string of the molecule is CNC(=O)Nc1ccc(NC(=O)C2CC2(Cl)Cl)cc1. The minimum atomic E-state index is -0.926. The first-order valence-corrected chi connectivity index (χ1v) is 6.45. The second-order valence-electron chi connectivity index (χ2n) is 4.29. The largest absolute Gasteiger partial charge is 0.341 e. The van der Waals surface area contributed by atoms with Crippen LogP contribution in [0, 0.1) is 5.92 Å². The lowest BCUT2D eigenvalue weighted by Crippen LogP contribution is -2.24. The molecule has 5 nitrogen and oxygen atoms in total. The molecule has 1 atom stereocenters. The number of amides is 3. The van der Waals surface area contributed by atoms with E-state index in [2.05, 4.69) is 16.0 Å². The van der Waals surface area contributed by atoms with Gasteiger partial charge in [0.2, 0.25) is 5.91 Å². The molecule has 1 aromatic rings. The molecule has 2 rings (SSSR count). The van der Waals surface area contributed by atoms with Crippen molar-refractivity contribution in [1.29, 1.82) is 0 Å². The second kappa shape index (κ2) is 5.27. The summed E-state index contributed by atoms with van der Waals surface area (Å²) in [5, 5.41) is 7.78. The van der Waals surface area contributed by atoms with Gasteiger partial charge in [-0.25, -0.2) is 4.79 Å². The average Bonchev–Trinajstić information content (AvgIpc) is 3.01. The molecule has 0 radical (unpaired) electrons. The van der Waals surface area contributed by atoms with Gasteiger partial charge in [0.1, 0.15) is 4.33 Å². The third kappa shape index (κ3) is 3.52. The molecule has 0 aromatic heterocycles. The van der Waals surface area contributed by atoms with Crippen LogP contribution >= 0.6 is 23.2 Å². The van der Waals surface area contributed by atoms with Crippen LogP contribution in [-0.4, -0.2) is 23.3 Å². The standard InChI is InChI=1S/C12H13Cl2N3O2/c1-15-11(19)17-8-4-2-7(3-5-8)16-10(18)9-6-12(9,13)14/h2-5,9H,6H2,1H3,(H,16,18)(H2,15,17,19). The highest BCUT2D eigenvalue weighted by Crippen LogP contribution is 2.53. The third-order valence-electron chi connectivity index (χ3n) is 2.78. The molecule has 1 aliphatic carbocycles. The lowest BCUT2D eigenvalue weighted by Gasteiger charge is -2.07. The molecular formula is C12H13Cl2N3O2. The van der Waals surface area contributed by atoms with E-state index < -0.39 is 4.33 Å². The zero-order valence-corrected chi connectivity index (χ0v) is 11.7. The molecule has 1 saturated carbocycles. The molecule has 19 heavy (non-hydrogen) atoms. The maximum absolute atomic E-state index is 11.7. The highest BCUT2D eigenvalue weighted by Gasteiger charge is 2.56. The minimum Gasteiger partial charge on any atom is -0.341 e. The molecule has 0 bridgehead atoms. The first kappa shape index (κ1) is 14.0. The van der Waals surface area contributed by atoms with E-state index in [-0.39, 0.29) is 17.9 Å². The van der Waals surface area contributed by atoms with Crippen LogP contribution < -0.4 is 16.0 Å². The van der Waals surface area contributed by atoms with Gasteiger partial charge >= 0.3 is 6.03 Å². The molecule has 1 fully saturated rings. The van der Waals surface area contributed by atoms with Gasteiger partial charge in [-0.2, -0.15) is 0 Å². The predicted molar refractivity (Wildman–Crippen MR) is 75.7 cm³/mol. The summed E-state index contributed by atoms with van der Waals surface area (Å²) in [6, 6.07) is 6.45. The number of carbonyl (C=O) groups excluding carboxylic acids is 2. The molecule has 1 aromatic carbocycles. The molecule has 3 N–H and O–H groups in total. The van der Waals surface area contributed by atoms with Crippen molar-refractivity contribution in [3.63, 3.8) is 0 Å². The molecular weight excluding hydrogens is 289 g/mol. The van der Waals surface area contributed by atoms with Crippen LogP contribution in [0.5, 0.6) is 0 Å². The van der Waals surface area contributed by atoms with E-state index in [1.807, 2.05) is 0 Å². The number of carbonyl (C=O) groups is 2. The molecule has 1 aliphatic rings. The molecule has 7 heteroatoms. The Morgan fingerprint density at radius 3 is 2.05 bits per heavy atom. The summed E-state index contributed by atoms with van der Waals surface area (Å²) in [6.45, 7) is 0. The van der Waals surface area contributed by atoms with Gasteiger partial charge in [-0.05, 0) is 30.7 Å². The van der Waals surface area contributed by atoms with Gasteiger partial charge in [-0.15, -0.1) is 23.2 Å². The van der Waals surface area contributed by atoms with Crippen molar-refractivity contribution >= 4 is 46.5 Å². The van der Waals surface area contributed by atoms with Crippen molar-refractivity contribution in [2.75, 3.05) is 17.7 Å². The fourth-order valence-electron chi connectivity index (χ4n) is 1.56. The summed E-state index contributed by atoms with van der Waals surface area (Å²) in [4.78, 5) is 22.8. The lowest BCUT2D eigenvalue weighted by atomic mass is 10.2. The van der Waals surface area contributed by atoms with Crippen molar-refractivity contribution in [3.05, 3.63) is 24.3 Å². The summed E-state index contributed by atoms with van der Waals surface area (Å²) in [5.74, 6) is -0.559. The number of halogens is 2. The molecule has 0 heterocycles. The van der Waals surface area contributed by atoms with Crippen LogP contribution in [0.25, 0.3) is 0 Å². The zero-order valence-electron chi connectivity index (χ0n) is 10.2. The second-order valence-corrected chi connectivity index (χ2v) is 5.83. The topological polar surface area (TPSA) is 70.2 Å². The van der Waals surface area contributed by atoms with Gasteiger partial charge in [0.15, 0.2) is 0 Å². The number of alkyl halides is 2. The van der Waals surface area contributed by atoms with Crippen molar-refractivity contribution in [3.8, 4) is 0 Å². The van der Waals surface area contributed by atoms with Crippen LogP contribution in [0.2, 0.25) is 0 Å². The Morgan fingerprint density at radius 1 is 1.16 bits per heavy atom. The zero-order chi connectivity index (χ0) is 14.0. The highest BCUT2D eigenvalue weighted by atomic mass is 35.5. The summed E-state index contributed by atoms with van der Waals surface area (Å²) in [6.07, 6.45) is 0.470. The van der Waals surface area contributed by atoms with Crippen molar-refractivity contribution < 1.29 is 9.59 Å². The smallest absolute Gasteiger partial charge is 0.318 e. The van der Waals surface area contributed by atoms with E-state index >= 15 is 0 Å². The van der Waals surface area contributed by atoms with Crippen molar-refractivity contribution in [1.82, 2.24) is 5.32 Å². The Bertz CT molecular complexity index is 502. The molecule has 0 spiro atoms. The van der Waals surface area contributed by atoms with Crippen LogP contribution in [0.15, 0.2) is 24.3 Å². The Morgan fingerprint density at radius 2 is 1.63 bits per heavy atom. The number of anilines is 2. The Balaban J connectivity index is 1.92. The number of hydrogen-bond acceptors (Lipinski definition) is 2. The van der Waals surface area contributed by atoms with Crippen molar-refractivity contribution in [2.45, 2.75) is 10.8 Å². The monoisotopic (exact) mass is 301 g/mol. The number of urea groups is 1. The van der Waals surface area contributed by atoms with E-state index in [9.17, 15) is 9.59 Å². The molecule has 0 aliphatic heterocycles. The van der Waals surface area contributed by atoms with E-state index in [4.69, 9.17) is 23.2 Å². The normalized spacial score (nSPS) is 19.4. The number of hydrogen-bond donors (Lipinski definition) is 3. The van der Waals surface area contributed by atoms with Gasteiger partial charge in [0.05, 0.1) is 5.92 Å². The predicted octanol–water partition coefficient (Wildman–Crippen LogP) is 2.57. The van der Waals surface area contributed by atoms with E-state index in [1.54, 1.807) is 24.3 Å². The third-order valence-corrected chi connectivity index (χ3v) is 3.62. The van der Waals surface area contributed by atoms with Gasteiger partial charge in [0.25, 0.3) is 0 Å². The minimum absolute atomic E-state index is 0.197. The molecule has 1 unspecified atom stereocenters. The first-order valence-electron chi connectivity index (χ1n) is 5.70. The summed E-state index contributed by atoms with van der Waals surface area (Å²) in [7, 11) is 1.53.